The second-order valence-electron chi connectivity index (χ2n) is 7.81. The third-order valence-corrected chi connectivity index (χ3v) is 4.55. The SMILES string of the molecule is CC(C)(C)OC(=O)NCCC(=O)N1CCC(NC(=O)c2ccc(Cl)cc2)CC1. The van der Waals surface area contributed by atoms with Gasteiger partial charge in [-0.2, -0.15) is 0 Å². The van der Waals surface area contributed by atoms with Crippen LogP contribution in [0.5, 0.6) is 0 Å². The quantitative estimate of drug-likeness (QED) is 0.782. The summed E-state index contributed by atoms with van der Waals surface area (Å²) in [5.74, 6) is -0.151. The Morgan fingerprint density at radius 2 is 1.75 bits per heavy atom. The zero-order valence-corrected chi connectivity index (χ0v) is 17.3. The van der Waals surface area contributed by atoms with Gasteiger partial charge in [0.2, 0.25) is 5.91 Å². The van der Waals surface area contributed by atoms with Crippen LogP contribution in [0.15, 0.2) is 24.3 Å². The number of carbonyl (C=O) groups is 3. The summed E-state index contributed by atoms with van der Waals surface area (Å²) in [5, 5.41) is 6.18. The Hall–Kier alpha value is -2.28. The van der Waals surface area contributed by atoms with E-state index in [9.17, 15) is 14.4 Å². The van der Waals surface area contributed by atoms with Crippen LogP contribution in [0.1, 0.15) is 50.4 Å². The Labute approximate surface area is 170 Å². The Morgan fingerprint density at radius 1 is 1.14 bits per heavy atom. The minimum atomic E-state index is -0.563. The molecule has 3 amide bonds. The number of rotatable bonds is 5. The molecule has 1 aliphatic heterocycles. The lowest BCUT2D eigenvalue weighted by Gasteiger charge is -2.32. The first-order valence-corrected chi connectivity index (χ1v) is 9.83. The number of nitrogens with zero attached hydrogens (tertiary/aromatic N) is 1. The maximum absolute atomic E-state index is 12.3. The van der Waals surface area contributed by atoms with Gasteiger partial charge in [0, 0.05) is 42.7 Å². The number of piperidine rings is 1. The van der Waals surface area contributed by atoms with E-state index in [1.165, 1.54) is 0 Å². The molecule has 1 aliphatic rings. The number of likely N-dealkylation sites (tertiary alicyclic amines) is 1. The van der Waals surface area contributed by atoms with Crippen molar-refractivity contribution in [3.05, 3.63) is 34.9 Å². The van der Waals surface area contributed by atoms with Gasteiger partial charge in [0.05, 0.1) is 0 Å². The number of benzene rings is 1. The lowest BCUT2D eigenvalue weighted by Crippen LogP contribution is -2.47. The zero-order chi connectivity index (χ0) is 20.7. The first-order chi connectivity index (χ1) is 13.1. The van der Waals surface area contributed by atoms with Crippen LogP contribution in [0.2, 0.25) is 5.02 Å². The molecule has 1 aromatic rings. The molecule has 28 heavy (non-hydrogen) atoms. The van der Waals surface area contributed by atoms with E-state index in [0.717, 1.165) is 0 Å². The second-order valence-corrected chi connectivity index (χ2v) is 8.25. The molecule has 0 saturated carbocycles. The fourth-order valence-electron chi connectivity index (χ4n) is 2.89. The Morgan fingerprint density at radius 3 is 2.32 bits per heavy atom. The summed E-state index contributed by atoms with van der Waals surface area (Å²) >= 11 is 5.84. The summed E-state index contributed by atoms with van der Waals surface area (Å²) in [5.41, 5.74) is 0.00278. The highest BCUT2D eigenvalue weighted by Crippen LogP contribution is 2.14. The summed E-state index contributed by atoms with van der Waals surface area (Å²) in [6, 6.07) is 6.78. The molecule has 1 saturated heterocycles. The van der Waals surface area contributed by atoms with Gasteiger partial charge in [-0.15, -0.1) is 0 Å². The summed E-state index contributed by atoms with van der Waals surface area (Å²) in [6.45, 7) is 6.75. The van der Waals surface area contributed by atoms with Crippen molar-refractivity contribution in [2.45, 2.75) is 51.7 Å². The third kappa shape index (κ3) is 7.38. The second kappa shape index (κ2) is 9.78. The minimum Gasteiger partial charge on any atom is -0.444 e. The molecular weight excluding hydrogens is 382 g/mol. The molecule has 0 radical (unpaired) electrons. The number of ether oxygens (including phenoxy) is 1. The number of hydrogen-bond donors (Lipinski definition) is 2. The highest BCUT2D eigenvalue weighted by atomic mass is 35.5. The molecule has 0 unspecified atom stereocenters. The van der Waals surface area contributed by atoms with Crippen LogP contribution in [0.25, 0.3) is 0 Å². The van der Waals surface area contributed by atoms with E-state index in [2.05, 4.69) is 10.6 Å². The van der Waals surface area contributed by atoms with E-state index in [0.29, 0.717) is 36.5 Å². The van der Waals surface area contributed by atoms with Crippen molar-refractivity contribution in [3.8, 4) is 0 Å². The summed E-state index contributed by atoms with van der Waals surface area (Å²) in [6.07, 6.45) is 1.10. The number of halogens is 1. The molecule has 154 valence electrons. The molecule has 2 N–H and O–H groups in total. The predicted octanol–water partition coefficient (Wildman–Crippen LogP) is 2.98. The van der Waals surface area contributed by atoms with Crippen molar-refractivity contribution in [3.63, 3.8) is 0 Å². The van der Waals surface area contributed by atoms with Gasteiger partial charge in [0.15, 0.2) is 0 Å². The van der Waals surface area contributed by atoms with Crippen LogP contribution in [-0.2, 0) is 9.53 Å². The normalized spacial score (nSPS) is 15.1. The molecule has 0 spiro atoms. The minimum absolute atomic E-state index is 0.0152. The van der Waals surface area contributed by atoms with Crippen molar-refractivity contribution in [1.29, 1.82) is 0 Å². The maximum atomic E-state index is 12.3. The van der Waals surface area contributed by atoms with Crippen LogP contribution in [-0.4, -0.2) is 54.1 Å². The smallest absolute Gasteiger partial charge is 0.407 e. The largest absolute Gasteiger partial charge is 0.444 e. The zero-order valence-electron chi connectivity index (χ0n) is 16.6. The van der Waals surface area contributed by atoms with Gasteiger partial charge in [-0.05, 0) is 57.9 Å². The van der Waals surface area contributed by atoms with E-state index >= 15 is 0 Å². The monoisotopic (exact) mass is 409 g/mol. The van der Waals surface area contributed by atoms with Crippen LogP contribution >= 0.6 is 11.6 Å². The molecule has 0 aromatic heterocycles. The van der Waals surface area contributed by atoms with Crippen LogP contribution in [0, 0.1) is 0 Å². The molecule has 8 heteroatoms. The summed E-state index contributed by atoms with van der Waals surface area (Å²) in [7, 11) is 0. The van der Waals surface area contributed by atoms with Gasteiger partial charge in [0.1, 0.15) is 5.60 Å². The van der Waals surface area contributed by atoms with Crippen molar-refractivity contribution < 1.29 is 19.1 Å². The molecule has 1 heterocycles. The van der Waals surface area contributed by atoms with Gasteiger partial charge in [-0.3, -0.25) is 9.59 Å². The van der Waals surface area contributed by atoms with E-state index in [4.69, 9.17) is 16.3 Å². The number of nitrogens with one attached hydrogen (secondary N) is 2. The number of carbonyl (C=O) groups excluding carboxylic acids is 3. The maximum Gasteiger partial charge on any atom is 0.407 e. The van der Waals surface area contributed by atoms with E-state index in [-0.39, 0.29) is 30.8 Å². The third-order valence-electron chi connectivity index (χ3n) is 4.30. The first kappa shape index (κ1) is 22.0. The van der Waals surface area contributed by atoms with E-state index in [1.807, 2.05) is 0 Å². The molecule has 1 aromatic carbocycles. The van der Waals surface area contributed by atoms with E-state index in [1.54, 1.807) is 49.9 Å². The lowest BCUT2D eigenvalue weighted by molar-refractivity contribution is -0.132. The topological polar surface area (TPSA) is 87.7 Å². The fourth-order valence-corrected chi connectivity index (χ4v) is 3.01. The van der Waals surface area contributed by atoms with Crippen LogP contribution < -0.4 is 10.6 Å². The average molecular weight is 410 g/mol. The predicted molar refractivity (Wildman–Crippen MR) is 107 cm³/mol. The Balaban J connectivity index is 1.68. The van der Waals surface area contributed by atoms with Gasteiger partial charge >= 0.3 is 6.09 Å². The fraction of sp³-hybridized carbons (Fsp3) is 0.550. The van der Waals surface area contributed by atoms with Crippen molar-refractivity contribution in [2.24, 2.45) is 0 Å². The van der Waals surface area contributed by atoms with Gasteiger partial charge in [-0.25, -0.2) is 4.79 Å². The molecule has 0 atom stereocenters. The number of alkyl carbamates (subject to hydrolysis) is 1. The van der Waals surface area contributed by atoms with Crippen LogP contribution in [0.4, 0.5) is 4.79 Å². The van der Waals surface area contributed by atoms with Crippen molar-refractivity contribution in [1.82, 2.24) is 15.5 Å². The van der Waals surface area contributed by atoms with Crippen molar-refractivity contribution >= 4 is 29.5 Å². The Bertz CT molecular complexity index is 692. The molecule has 7 nitrogen and oxygen atoms in total. The van der Waals surface area contributed by atoms with Gasteiger partial charge in [-0.1, -0.05) is 11.6 Å². The highest BCUT2D eigenvalue weighted by molar-refractivity contribution is 6.30. The van der Waals surface area contributed by atoms with Crippen LogP contribution in [0.3, 0.4) is 0 Å². The van der Waals surface area contributed by atoms with Crippen molar-refractivity contribution in [2.75, 3.05) is 19.6 Å². The van der Waals surface area contributed by atoms with Gasteiger partial charge in [0.25, 0.3) is 5.91 Å². The summed E-state index contributed by atoms with van der Waals surface area (Å²) < 4.78 is 5.14. The van der Waals surface area contributed by atoms with E-state index < -0.39 is 11.7 Å². The molecule has 1 fully saturated rings. The molecule has 0 bridgehead atoms. The number of hydrogen-bond acceptors (Lipinski definition) is 4. The highest BCUT2D eigenvalue weighted by Gasteiger charge is 2.24. The molecular formula is C20H28ClN3O4. The van der Waals surface area contributed by atoms with Gasteiger partial charge < -0.3 is 20.3 Å². The average Bonchev–Trinajstić information content (AvgIpc) is 2.61. The number of amides is 3. The first-order valence-electron chi connectivity index (χ1n) is 9.45. The summed E-state index contributed by atoms with van der Waals surface area (Å²) in [4.78, 5) is 37.9. The molecule has 2 rings (SSSR count). The molecule has 0 aliphatic carbocycles. The lowest BCUT2D eigenvalue weighted by atomic mass is 10.0. The Kier molecular flexibility index (Phi) is 7.69. The standard InChI is InChI=1S/C20H28ClN3O4/c1-20(2,3)28-19(27)22-11-8-17(25)24-12-9-16(10-13-24)23-18(26)14-4-6-15(21)7-5-14/h4-7,16H,8-13H2,1-3H3,(H,22,27)(H,23,26).